The maximum atomic E-state index is 12.5. The molecule has 0 aliphatic rings. The van der Waals surface area contributed by atoms with Crippen LogP contribution in [-0.2, 0) is 0 Å². The van der Waals surface area contributed by atoms with Gasteiger partial charge in [0.2, 0.25) is 5.69 Å². The highest BCUT2D eigenvalue weighted by molar-refractivity contribution is 7.17. The van der Waals surface area contributed by atoms with Crippen molar-refractivity contribution in [3.05, 3.63) is 40.2 Å². The van der Waals surface area contributed by atoms with Crippen molar-refractivity contribution in [3.63, 3.8) is 0 Å². The molecule has 0 aliphatic carbocycles. The highest BCUT2D eigenvalue weighted by Crippen LogP contribution is 2.35. The molecular weight excluding hydrogens is 398 g/mol. The lowest BCUT2D eigenvalue weighted by Crippen LogP contribution is -2.31. The van der Waals surface area contributed by atoms with Crippen LogP contribution in [0.4, 0.5) is 5.69 Å². The third kappa shape index (κ3) is 6.52. The molecule has 162 valence electrons. The van der Waals surface area contributed by atoms with Gasteiger partial charge >= 0.3 is 0 Å². The second kappa shape index (κ2) is 11.6. The molecule has 2 aromatic rings. The van der Waals surface area contributed by atoms with E-state index in [2.05, 4.69) is 33.9 Å². The van der Waals surface area contributed by atoms with Crippen molar-refractivity contribution in [2.24, 2.45) is 0 Å². The SMILES string of the molecule is [C-]#[N+]c1cc(-c2nc(C)c(C(=O)NCCN(C)C)s2)ccc1OCCN(CC)CC. The van der Waals surface area contributed by atoms with Crippen LogP contribution >= 0.6 is 11.3 Å². The zero-order valence-corrected chi connectivity index (χ0v) is 19.3. The molecule has 7 nitrogen and oxygen atoms in total. The lowest BCUT2D eigenvalue weighted by Gasteiger charge is -2.18. The molecule has 0 unspecified atom stereocenters. The van der Waals surface area contributed by atoms with E-state index in [1.54, 1.807) is 6.07 Å². The number of hydrogen-bond acceptors (Lipinski definition) is 6. The summed E-state index contributed by atoms with van der Waals surface area (Å²) in [6.45, 7) is 18.3. The van der Waals surface area contributed by atoms with E-state index in [0.717, 1.165) is 36.8 Å². The molecule has 1 aromatic carbocycles. The molecule has 1 amide bonds. The van der Waals surface area contributed by atoms with Crippen molar-refractivity contribution in [1.82, 2.24) is 20.1 Å². The number of aryl methyl sites for hydroxylation is 1. The maximum absolute atomic E-state index is 12.5. The van der Waals surface area contributed by atoms with Crippen molar-refractivity contribution >= 4 is 22.9 Å². The van der Waals surface area contributed by atoms with Gasteiger partial charge in [-0.15, -0.1) is 11.3 Å². The number of aromatic nitrogens is 1. The molecule has 0 aliphatic heterocycles. The highest BCUT2D eigenvalue weighted by atomic mass is 32.1. The third-order valence-electron chi connectivity index (χ3n) is 4.73. The molecule has 0 saturated heterocycles. The number of ether oxygens (including phenoxy) is 1. The summed E-state index contributed by atoms with van der Waals surface area (Å²) in [6, 6.07) is 5.50. The van der Waals surface area contributed by atoms with Gasteiger partial charge in [-0.2, -0.15) is 0 Å². The van der Waals surface area contributed by atoms with Crippen LogP contribution in [0.15, 0.2) is 18.2 Å². The first-order chi connectivity index (χ1) is 14.4. The predicted octanol–water partition coefficient (Wildman–Crippen LogP) is 3.68. The van der Waals surface area contributed by atoms with Gasteiger partial charge in [0.05, 0.1) is 18.9 Å². The van der Waals surface area contributed by atoms with Gasteiger partial charge in [0.15, 0.2) is 0 Å². The zero-order valence-electron chi connectivity index (χ0n) is 18.5. The fraction of sp³-hybridized carbons (Fsp3) is 0.500. The fourth-order valence-corrected chi connectivity index (χ4v) is 3.87. The van der Waals surface area contributed by atoms with Crippen molar-refractivity contribution < 1.29 is 9.53 Å². The molecule has 0 fully saturated rings. The van der Waals surface area contributed by atoms with E-state index in [-0.39, 0.29) is 5.91 Å². The van der Waals surface area contributed by atoms with Crippen LogP contribution in [0.3, 0.4) is 0 Å². The number of likely N-dealkylation sites (N-methyl/N-ethyl adjacent to an activating group) is 2. The largest absolute Gasteiger partial charge is 0.503 e. The van der Waals surface area contributed by atoms with Gasteiger partial charge in [-0.3, -0.25) is 4.79 Å². The van der Waals surface area contributed by atoms with Gasteiger partial charge in [-0.25, -0.2) is 9.83 Å². The number of hydrogen-bond donors (Lipinski definition) is 1. The Balaban J connectivity index is 2.11. The molecule has 0 radical (unpaired) electrons. The van der Waals surface area contributed by atoms with E-state index in [1.165, 1.54) is 11.3 Å². The number of amides is 1. The minimum Gasteiger partial charge on any atom is -0.503 e. The summed E-state index contributed by atoms with van der Waals surface area (Å²) >= 11 is 1.35. The van der Waals surface area contributed by atoms with Crippen LogP contribution in [0.1, 0.15) is 29.2 Å². The van der Waals surface area contributed by atoms with Crippen molar-refractivity contribution in [1.29, 1.82) is 0 Å². The Bertz CT molecular complexity index is 884. The molecule has 0 bridgehead atoms. The summed E-state index contributed by atoms with van der Waals surface area (Å²) in [5.74, 6) is 0.468. The molecule has 1 aromatic heterocycles. The number of carbonyl (C=O) groups excluding carboxylic acids is 1. The number of carbonyl (C=O) groups is 1. The lowest BCUT2D eigenvalue weighted by molar-refractivity contribution is 0.0954. The minimum absolute atomic E-state index is 0.111. The van der Waals surface area contributed by atoms with E-state index in [0.29, 0.717) is 35.2 Å². The molecule has 0 spiro atoms. The van der Waals surface area contributed by atoms with Crippen molar-refractivity contribution in [2.75, 3.05) is 53.4 Å². The number of thiazole rings is 1. The first-order valence-corrected chi connectivity index (χ1v) is 11.0. The predicted molar refractivity (Wildman–Crippen MR) is 123 cm³/mol. The molecular formula is C22H31N5O2S. The topological polar surface area (TPSA) is 62.1 Å². The molecule has 30 heavy (non-hydrogen) atoms. The smallest absolute Gasteiger partial charge is 0.263 e. The summed E-state index contributed by atoms with van der Waals surface area (Å²) < 4.78 is 5.84. The summed E-state index contributed by atoms with van der Waals surface area (Å²) in [5, 5.41) is 3.65. The van der Waals surface area contributed by atoms with Crippen LogP contribution in [0.2, 0.25) is 0 Å². The molecule has 0 atom stereocenters. The van der Waals surface area contributed by atoms with E-state index < -0.39 is 0 Å². The third-order valence-corrected chi connectivity index (χ3v) is 5.94. The van der Waals surface area contributed by atoms with Crippen LogP contribution in [-0.4, -0.2) is 74.1 Å². The fourth-order valence-electron chi connectivity index (χ4n) is 2.89. The van der Waals surface area contributed by atoms with Gasteiger partial charge in [-0.05, 0) is 46.2 Å². The molecule has 1 heterocycles. The number of nitrogens with zero attached hydrogens (tertiary/aromatic N) is 4. The maximum Gasteiger partial charge on any atom is 0.263 e. The van der Waals surface area contributed by atoms with Crippen LogP contribution in [0.25, 0.3) is 15.4 Å². The Morgan fingerprint density at radius 3 is 2.63 bits per heavy atom. The summed E-state index contributed by atoms with van der Waals surface area (Å²) in [7, 11) is 3.93. The number of nitrogens with one attached hydrogen (secondary N) is 1. The summed E-state index contributed by atoms with van der Waals surface area (Å²) in [4.78, 5) is 25.5. The quantitative estimate of drug-likeness (QED) is 0.552. The Kier molecular flexibility index (Phi) is 9.24. The van der Waals surface area contributed by atoms with E-state index in [4.69, 9.17) is 11.3 Å². The van der Waals surface area contributed by atoms with E-state index >= 15 is 0 Å². The molecule has 8 heteroatoms. The van der Waals surface area contributed by atoms with Gasteiger partial charge in [0, 0.05) is 25.2 Å². The van der Waals surface area contributed by atoms with Gasteiger partial charge in [0.25, 0.3) is 5.91 Å². The minimum atomic E-state index is -0.111. The number of benzene rings is 1. The molecule has 1 N–H and O–H groups in total. The second-order valence-electron chi connectivity index (χ2n) is 7.16. The monoisotopic (exact) mass is 429 g/mol. The Morgan fingerprint density at radius 1 is 1.27 bits per heavy atom. The average molecular weight is 430 g/mol. The average Bonchev–Trinajstić information content (AvgIpc) is 3.12. The Hall–Kier alpha value is -2.47. The molecule has 2 rings (SSSR count). The van der Waals surface area contributed by atoms with Gasteiger partial charge < -0.3 is 19.9 Å². The first kappa shape index (κ1) is 23.8. The number of rotatable bonds is 11. The van der Waals surface area contributed by atoms with Crippen LogP contribution in [0, 0.1) is 13.5 Å². The normalized spacial score (nSPS) is 11.0. The molecule has 0 saturated carbocycles. The highest BCUT2D eigenvalue weighted by Gasteiger charge is 2.17. The summed E-state index contributed by atoms with van der Waals surface area (Å²) in [5.41, 5.74) is 1.97. The first-order valence-electron chi connectivity index (χ1n) is 10.2. The Morgan fingerprint density at radius 2 is 2.00 bits per heavy atom. The van der Waals surface area contributed by atoms with Crippen molar-refractivity contribution in [2.45, 2.75) is 20.8 Å². The van der Waals surface area contributed by atoms with Crippen LogP contribution < -0.4 is 10.1 Å². The van der Waals surface area contributed by atoms with Crippen LogP contribution in [0.5, 0.6) is 5.75 Å². The second-order valence-corrected chi connectivity index (χ2v) is 8.16. The van der Waals surface area contributed by atoms with E-state index in [1.807, 2.05) is 38.1 Å². The standard InChI is InChI=1S/C22H31N5O2S/c1-7-27(8-2)13-14-29-19-10-9-17(15-18(19)23-4)22-25-16(3)20(30-22)21(28)24-11-12-26(5)6/h9-10,15H,7-8,11-14H2,1-3,5-6H3,(H,24,28). The zero-order chi connectivity index (χ0) is 22.1. The Labute approximate surface area is 183 Å². The summed E-state index contributed by atoms with van der Waals surface area (Å²) in [6.07, 6.45) is 0. The van der Waals surface area contributed by atoms with Gasteiger partial charge in [-0.1, -0.05) is 19.9 Å². The van der Waals surface area contributed by atoms with Crippen molar-refractivity contribution in [3.8, 4) is 16.3 Å². The van der Waals surface area contributed by atoms with E-state index in [9.17, 15) is 4.79 Å². The van der Waals surface area contributed by atoms with Gasteiger partial charge in [0.1, 0.15) is 15.6 Å². The lowest BCUT2D eigenvalue weighted by atomic mass is 10.2.